The second-order valence-corrected chi connectivity index (χ2v) is 7.28. The highest BCUT2D eigenvalue weighted by Gasteiger charge is 2.23. The van der Waals surface area contributed by atoms with Crippen molar-refractivity contribution >= 4 is 32.7 Å². The highest BCUT2D eigenvalue weighted by Crippen LogP contribution is 2.32. The van der Waals surface area contributed by atoms with Crippen molar-refractivity contribution < 1.29 is 9.90 Å². The van der Waals surface area contributed by atoms with Gasteiger partial charge in [0.15, 0.2) is 5.13 Å². The largest absolute Gasteiger partial charge is 0.480 e. The average molecular weight is 333 g/mol. The van der Waals surface area contributed by atoms with Crippen LogP contribution < -0.4 is 4.90 Å². The van der Waals surface area contributed by atoms with Gasteiger partial charge in [-0.25, -0.2) is 4.98 Å². The van der Waals surface area contributed by atoms with Gasteiger partial charge in [-0.05, 0) is 44.9 Å². The number of carbonyl (C=O) groups is 1. The van der Waals surface area contributed by atoms with E-state index in [-0.39, 0.29) is 6.54 Å². The Hall–Kier alpha value is -1.66. The Morgan fingerprint density at radius 3 is 3.00 bits per heavy atom. The molecule has 124 valence electrons. The predicted molar refractivity (Wildman–Crippen MR) is 94.5 cm³/mol. The predicted octanol–water partition coefficient (Wildman–Crippen LogP) is 2.98. The van der Waals surface area contributed by atoms with E-state index in [1.807, 2.05) is 11.9 Å². The van der Waals surface area contributed by atoms with Gasteiger partial charge in [0.1, 0.15) is 0 Å². The Balaban J connectivity index is 1.72. The molecule has 3 rings (SSSR count). The summed E-state index contributed by atoms with van der Waals surface area (Å²) in [6.45, 7) is 4.18. The highest BCUT2D eigenvalue weighted by atomic mass is 32.1. The standard InChI is InChI=1S/C17H23N3O2S/c1-12-5-3-7-14-16(12)23-17(18-14)20-9-4-6-13(8-10-20)19(2)11-15(21)22/h3,5,7,13H,4,6,8-11H2,1-2H3,(H,21,22). The first-order valence-electron chi connectivity index (χ1n) is 8.07. The monoisotopic (exact) mass is 333 g/mol. The van der Waals surface area contributed by atoms with Crippen LogP contribution in [0, 0.1) is 6.92 Å². The minimum absolute atomic E-state index is 0.116. The summed E-state index contributed by atoms with van der Waals surface area (Å²) in [6.07, 6.45) is 3.10. The van der Waals surface area contributed by atoms with Gasteiger partial charge in [-0.2, -0.15) is 0 Å². The van der Waals surface area contributed by atoms with E-state index < -0.39 is 5.97 Å². The fraction of sp³-hybridized carbons (Fsp3) is 0.529. The maximum Gasteiger partial charge on any atom is 0.317 e. The van der Waals surface area contributed by atoms with Gasteiger partial charge < -0.3 is 10.0 Å². The van der Waals surface area contributed by atoms with E-state index in [9.17, 15) is 4.79 Å². The number of fused-ring (bicyclic) bond motifs is 1. The van der Waals surface area contributed by atoms with Gasteiger partial charge in [0, 0.05) is 19.1 Å². The van der Waals surface area contributed by atoms with Crippen molar-refractivity contribution in [3.05, 3.63) is 23.8 Å². The van der Waals surface area contributed by atoms with Crippen molar-refractivity contribution in [2.75, 3.05) is 31.6 Å². The molecule has 6 heteroatoms. The highest BCUT2D eigenvalue weighted by molar-refractivity contribution is 7.22. The van der Waals surface area contributed by atoms with Crippen LogP contribution in [0.5, 0.6) is 0 Å². The second kappa shape index (κ2) is 6.84. The molecule has 1 aromatic carbocycles. The number of hydrogen-bond donors (Lipinski definition) is 1. The van der Waals surface area contributed by atoms with Crippen LogP contribution in [0.2, 0.25) is 0 Å². The molecule has 1 saturated heterocycles. The molecular formula is C17H23N3O2S. The van der Waals surface area contributed by atoms with Gasteiger partial charge in [0.05, 0.1) is 16.8 Å². The number of nitrogens with zero attached hydrogens (tertiary/aromatic N) is 3. The zero-order chi connectivity index (χ0) is 16.4. The summed E-state index contributed by atoms with van der Waals surface area (Å²) in [5.41, 5.74) is 2.36. The van der Waals surface area contributed by atoms with E-state index >= 15 is 0 Å². The minimum Gasteiger partial charge on any atom is -0.480 e. The number of likely N-dealkylation sites (N-methyl/N-ethyl adjacent to an activating group) is 1. The molecule has 5 nitrogen and oxygen atoms in total. The van der Waals surface area contributed by atoms with Gasteiger partial charge >= 0.3 is 5.97 Å². The number of rotatable bonds is 4. The quantitative estimate of drug-likeness (QED) is 0.932. The van der Waals surface area contributed by atoms with E-state index in [0.717, 1.165) is 43.0 Å². The molecule has 0 aliphatic carbocycles. The summed E-state index contributed by atoms with van der Waals surface area (Å²) in [5.74, 6) is -0.754. The molecule has 1 aliphatic heterocycles. The lowest BCUT2D eigenvalue weighted by molar-refractivity contribution is -0.138. The lowest BCUT2D eigenvalue weighted by Gasteiger charge is -2.25. The van der Waals surface area contributed by atoms with Crippen molar-refractivity contribution in [1.29, 1.82) is 0 Å². The minimum atomic E-state index is -0.754. The first kappa shape index (κ1) is 16.2. The van der Waals surface area contributed by atoms with Crippen LogP contribution in [0.3, 0.4) is 0 Å². The Morgan fingerprint density at radius 2 is 2.26 bits per heavy atom. The fourth-order valence-electron chi connectivity index (χ4n) is 3.26. The van der Waals surface area contributed by atoms with Crippen LogP contribution in [0.1, 0.15) is 24.8 Å². The van der Waals surface area contributed by atoms with Crippen molar-refractivity contribution in [1.82, 2.24) is 9.88 Å². The molecule has 0 amide bonds. The van der Waals surface area contributed by atoms with Crippen LogP contribution in [0.15, 0.2) is 18.2 Å². The number of hydrogen-bond acceptors (Lipinski definition) is 5. The number of anilines is 1. The molecule has 23 heavy (non-hydrogen) atoms. The summed E-state index contributed by atoms with van der Waals surface area (Å²) < 4.78 is 1.27. The zero-order valence-corrected chi connectivity index (χ0v) is 14.5. The Bertz CT molecular complexity index is 700. The van der Waals surface area contributed by atoms with Crippen molar-refractivity contribution in [3.8, 4) is 0 Å². The normalized spacial score (nSPS) is 19.3. The number of aromatic nitrogens is 1. The number of carboxylic acid groups (broad SMARTS) is 1. The Morgan fingerprint density at radius 1 is 1.43 bits per heavy atom. The zero-order valence-electron chi connectivity index (χ0n) is 13.7. The number of thiazole rings is 1. The van der Waals surface area contributed by atoms with Gasteiger partial charge in [0.25, 0.3) is 0 Å². The number of aryl methyl sites for hydroxylation is 1. The van der Waals surface area contributed by atoms with Crippen LogP contribution in [-0.2, 0) is 4.79 Å². The Kier molecular flexibility index (Phi) is 4.82. The SMILES string of the molecule is Cc1cccc2nc(N3CCCC(N(C)CC(=O)O)CC3)sc12. The van der Waals surface area contributed by atoms with Gasteiger partial charge in [-0.3, -0.25) is 9.69 Å². The fourth-order valence-corrected chi connectivity index (χ4v) is 4.35. The summed E-state index contributed by atoms with van der Waals surface area (Å²) in [4.78, 5) is 20.0. The molecular weight excluding hydrogens is 310 g/mol. The molecule has 1 aliphatic rings. The van der Waals surface area contributed by atoms with Crippen molar-refractivity contribution in [2.45, 2.75) is 32.2 Å². The smallest absolute Gasteiger partial charge is 0.317 e. The van der Waals surface area contributed by atoms with Gasteiger partial charge in [0.2, 0.25) is 0 Å². The summed E-state index contributed by atoms with van der Waals surface area (Å²) in [6, 6.07) is 6.60. The molecule has 1 fully saturated rings. The Labute approximate surface area is 140 Å². The van der Waals surface area contributed by atoms with Crippen LogP contribution in [-0.4, -0.2) is 53.7 Å². The first-order valence-corrected chi connectivity index (χ1v) is 8.89. The number of benzene rings is 1. The molecule has 1 N–H and O–H groups in total. The lowest BCUT2D eigenvalue weighted by Crippen LogP contribution is -2.36. The molecule has 2 heterocycles. The lowest BCUT2D eigenvalue weighted by atomic mass is 10.1. The third-order valence-corrected chi connectivity index (χ3v) is 5.84. The van der Waals surface area contributed by atoms with E-state index in [0.29, 0.717) is 6.04 Å². The summed E-state index contributed by atoms with van der Waals surface area (Å²) in [5, 5.41) is 10.1. The van der Waals surface area contributed by atoms with Crippen LogP contribution in [0.25, 0.3) is 10.2 Å². The molecule has 1 aromatic heterocycles. The molecule has 0 saturated carbocycles. The topological polar surface area (TPSA) is 56.7 Å². The number of aliphatic carboxylic acids is 1. The summed E-state index contributed by atoms with van der Waals surface area (Å²) >= 11 is 1.77. The van der Waals surface area contributed by atoms with Gasteiger partial charge in [-0.15, -0.1) is 0 Å². The van der Waals surface area contributed by atoms with E-state index in [2.05, 4.69) is 30.0 Å². The summed E-state index contributed by atoms with van der Waals surface area (Å²) in [7, 11) is 1.91. The van der Waals surface area contributed by atoms with Gasteiger partial charge in [-0.1, -0.05) is 23.5 Å². The number of carboxylic acids is 1. The third-order valence-electron chi connectivity index (χ3n) is 4.58. The first-order chi connectivity index (χ1) is 11.0. The van der Waals surface area contributed by atoms with Crippen molar-refractivity contribution in [2.24, 2.45) is 0 Å². The van der Waals surface area contributed by atoms with Crippen LogP contribution in [0.4, 0.5) is 5.13 Å². The molecule has 0 radical (unpaired) electrons. The molecule has 1 atom stereocenters. The van der Waals surface area contributed by atoms with E-state index in [1.54, 1.807) is 11.3 Å². The molecule has 1 unspecified atom stereocenters. The molecule has 0 spiro atoms. The third kappa shape index (κ3) is 3.64. The molecule has 2 aromatic rings. The average Bonchev–Trinajstić information content (AvgIpc) is 2.78. The second-order valence-electron chi connectivity index (χ2n) is 6.30. The molecule has 0 bridgehead atoms. The van der Waals surface area contributed by atoms with Crippen LogP contribution >= 0.6 is 11.3 Å². The van der Waals surface area contributed by atoms with E-state index in [4.69, 9.17) is 10.1 Å². The van der Waals surface area contributed by atoms with Crippen molar-refractivity contribution in [3.63, 3.8) is 0 Å². The van der Waals surface area contributed by atoms with E-state index in [1.165, 1.54) is 10.3 Å². The maximum atomic E-state index is 10.9. The maximum absolute atomic E-state index is 10.9.